The number of carbonyl (C=O) groups is 4. The summed E-state index contributed by atoms with van der Waals surface area (Å²) in [5.41, 5.74) is 2.82. The summed E-state index contributed by atoms with van der Waals surface area (Å²) in [5, 5.41) is 11.6. The van der Waals surface area contributed by atoms with Gasteiger partial charge >= 0.3 is 0 Å². The molecule has 0 heterocycles. The normalized spacial score (nSPS) is 10.4. The van der Waals surface area contributed by atoms with E-state index in [9.17, 15) is 19.2 Å². The highest BCUT2D eigenvalue weighted by Gasteiger charge is 2.15. The third-order valence-corrected chi connectivity index (χ3v) is 7.06. The fraction of sp³-hybridized carbons (Fsp3) is 0. The van der Waals surface area contributed by atoms with E-state index in [1.165, 1.54) is 6.07 Å². The van der Waals surface area contributed by atoms with Crippen LogP contribution in [0.3, 0.4) is 0 Å². The molecule has 0 saturated carbocycles. The fourth-order valence-electron chi connectivity index (χ4n) is 4.17. The lowest BCUT2D eigenvalue weighted by Crippen LogP contribution is -2.16. The van der Waals surface area contributed by atoms with Crippen LogP contribution in [-0.4, -0.2) is 23.6 Å². The second kappa shape index (κ2) is 13.7. The number of nitrogens with one attached hydrogen (secondary N) is 4. The van der Waals surface area contributed by atoms with E-state index in [4.69, 9.17) is 23.2 Å². The Kier molecular flexibility index (Phi) is 9.34. The molecule has 44 heavy (non-hydrogen) atoms. The molecule has 218 valence electrons. The zero-order valence-electron chi connectivity index (χ0n) is 22.9. The first-order chi connectivity index (χ1) is 21.3. The van der Waals surface area contributed by atoms with Gasteiger partial charge in [-0.15, -0.1) is 0 Å². The van der Waals surface area contributed by atoms with Crippen molar-refractivity contribution in [3.63, 3.8) is 0 Å². The van der Waals surface area contributed by atoms with Crippen molar-refractivity contribution >= 4 is 69.6 Å². The molecule has 0 aliphatic carbocycles. The van der Waals surface area contributed by atoms with Crippen LogP contribution in [0.5, 0.6) is 0 Å². The molecule has 0 aromatic heterocycles. The summed E-state index contributed by atoms with van der Waals surface area (Å²) in [6, 6.07) is 32.9. The Hall–Kier alpha value is -5.44. The Labute approximate surface area is 263 Å². The van der Waals surface area contributed by atoms with Gasteiger partial charge in [0, 0.05) is 33.6 Å². The summed E-state index contributed by atoms with van der Waals surface area (Å²) < 4.78 is 0. The standard InChI is InChI=1S/C34H24Cl2N4O4/c35-27-16-14-25(19-29(27)39-31(41)21-8-3-1-4-9-21)37-33(43)23-12-7-13-24(18-23)34(44)38-26-15-17-28(36)30(20-26)40-32(42)22-10-5-2-6-11-22/h1-20H,(H,37,43)(H,38,44)(H,39,41)(H,40,42). The summed E-state index contributed by atoms with van der Waals surface area (Å²) in [7, 11) is 0. The molecular formula is C34H24Cl2N4O4. The van der Waals surface area contributed by atoms with E-state index >= 15 is 0 Å². The Morgan fingerprint density at radius 1 is 0.386 bits per heavy atom. The third-order valence-electron chi connectivity index (χ3n) is 6.40. The minimum absolute atomic E-state index is 0.231. The molecule has 0 radical (unpaired) electrons. The Bertz CT molecular complexity index is 1730. The van der Waals surface area contributed by atoms with Crippen LogP contribution in [-0.2, 0) is 0 Å². The van der Waals surface area contributed by atoms with Crippen molar-refractivity contribution in [1.29, 1.82) is 0 Å². The van der Waals surface area contributed by atoms with Gasteiger partial charge in [0.05, 0.1) is 21.4 Å². The molecule has 5 aromatic rings. The number of carbonyl (C=O) groups excluding carboxylic acids is 4. The first-order valence-electron chi connectivity index (χ1n) is 13.3. The van der Waals surface area contributed by atoms with Gasteiger partial charge in [0.25, 0.3) is 23.6 Å². The highest BCUT2D eigenvalue weighted by Crippen LogP contribution is 2.28. The van der Waals surface area contributed by atoms with Crippen LogP contribution in [0.25, 0.3) is 0 Å². The summed E-state index contributed by atoms with van der Waals surface area (Å²) >= 11 is 12.5. The predicted molar refractivity (Wildman–Crippen MR) is 174 cm³/mol. The van der Waals surface area contributed by atoms with Gasteiger partial charge in [-0.3, -0.25) is 19.2 Å². The van der Waals surface area contributed by atoms with Crippen LogP contribution < -0.4 is 21.3 Å². The van der Waals surface area contributed by atoms with Crippen LogP contribution >= 0.6 is 23.2 Å². The molecule has 10 heteroatoms. The second-order valence-electron chi connectivity index (χ2n) is 9.52. The molecule has 0 atom stereocenters. The van der Waals surface area contributed by atoms with Gasteiger partial charge in [-0.1, -0.05) is 65.7 Å². The zero-order valence-corrected chi connectivity index (χ0v) is 24.4. The van der Waals surface area contributed by atoms with E-state index in [0.29, 0.717) is 43.9 Å². The quantitative estimate of drug-likeness (QED) is 0.140. The first-order valence-corrected chi connectivity index (χ1v) is 14.1. The van der Waals surface area contributed by atoms with Crippen LogP contribution in [0.2, 0.25) is 10.0 Å². The fourth-order valence-corrected chi connectivity index (χ4v) is 4.50. The molecule has 8 nitrogen and oxygen atoms in total. The monoisotopic (exact) mass is 622 g/mol. The van der Waals surface area contributed by atoms with E-state index in [1.54, 1.807) is 115 Å². The molecule has 5 aromatic carbocycles. The van der Waals surface area contributed by atoms with Crippen LogP contribution in [0, 0.1) is 0 Å². The van der Waals surface area contributed by atoms with Crippen molar-refractivity contribution in [2.24, 2.45) is 0 Å². The van der Waals surface area contributed by atoms with E-state index < -0.39 is 11.8 Å². The summed E-state index contributed by atoms with van der Waals surface area (Å²) in [4.78, 5) is 51.3. The number of benzene rings is 5. The Morgan fingerprint density at radius 3 is 1.16 bits per heavy atom. The number of anilines is 4. The van der Waals surface area contributed by atoms with Gasteiger partial charge in [0.2, 0.25) is 0 Å². The average molecular weight is 623 g/mol. The van der Waals surface area contributed by atoms with E-state index in [-0.39, 0.29) is 22.9 Å². The Balaban J connectivity index is 1.25. The number of halogens is 2. The van der Waals surface area contributed by atoms with E-state index in [1.807, 2.05) is 0 Å². The highest BCUT2D eigenvalue weighted by molar-refractivity contribution is 6.34. The minimum atomic E-state index is -0.472. The van der Waals surface area contributed by atoms with E-state index in [2.05, 4.69) is 21.3 Å². The lowest BCUT2D eigenvalue weighted by molar-refractivity contribution is 0.101. The maximum atomic E-state index is 13.1. The van der Waals surface area contributed by atoms with Gasteiger partial charge in [-0.25, -0.2) is 0 Å². The number of amides is 4. The lowest BCUT2D eigenvalue weighted by atomic mass is 10.1. The van der Waals surface area contributed by atoms with Crippen molar-refractivity contribution in [3.8, 4) is 0 Å². The first kappa shape index (κ1) is 30.0. The van der Waals surface area contributed by atoms with Crippen LogP contribution in [0.4, 0.5) is 22.7 Å². The van der Waals surface area contributed by atoms with Gasteiger partial charge in [0.1, 0.15) is 0 Å². The molecule has 4 amide bonds. The van der Waals surface area contributed by atoms with Gasteiger partial charge in [0.15, 0.2) is 0 Å². The summed E-state index contributed by atoms with van der Waals surface area (Å²) in [5.74, 6) is -1.64. The minimum Gasteiger partial charge on any atom is -0.322 e. The highest BCUT2D eigenvalue weighted by atomic mass is 35.5. The topological polar surface area (TPSA) is 116 Å². The van der Waals surface area contributed by atoms with Crippen molar-refractivity contribution < 1.29 is 19.2 Å². The number of hydrogen-bond acceptors (Lipinski definition) is 4. The van der Waals surface area contributed by atoms with Crippen molar-refractivity contribution in [2.45, 2.75) is 0 Å². The SMILES string of the molecule is O=C(Nc1ccc(Cl)c(NC(=O)c2ccccc2)c1)c1cccc(C(=O)Nc2ccc(Cl)c(NC(=O)c3ccccc3)c2)c1. The third kappa shape index (κ3) is 7.49. The molecule has 0 aliphatic heterocycles. The summed E-state index contributed by atoms with van der Waals surface area (Å²) in [6.07, 6.45) is 0. The molecule has 5 rings (SSSR count). The Morgan fingerprint density at radius 2 is 0.750 bits per heavy atom. The summed E-state index contributed by atoms with van der Waals surface area (Å²) in [6.45, 7) is 0. The molecule has 0 spiro atoms. The van der Waals surface area contributed by atoms with Crippen LogP contribution in [0.15, 0.2) is 121 Å². The molecule has 0 unspecified atom stereocenters. The maximum absolute atomic E-state index is 13.1. The second-order valence-corrected chi connectivity index (χ2v) is 10.3. The zero-order chi connectivity index (χ0) is 31.1. The van der Waals surface area contributed by atoms with Crippen molar-refractivity contribution in [2.75, 3.05) is 21.3 Å². The maximum Gasteiger partial charge on any atom is 0.255 e. The predicted octanol–water partition coefficient (Wildman–Crippen LogP) is 8.00. The molecule has 0 aliphatic rings. The number of rotatable bonds is 8. The van der Waals surface area contributed by atoms with Gasteiger partial charge in [-0.2, -0.15) is 0 Å². The molecule has 4 N–H and O–H groups in total. The van der Waals surface area contributed by atoms with Gasteiger partial charge in [-0.05, 0) is 78.9 Å². The average Bonchev–Trinajstić information content (AvgIpc) is 3.05. The molecule has 0 fully saturated rings. The van der Waals surface area contributed by atoms with Crippen LogP contribution in [0.1, 0.15) is 41.4 Å². The van der Waals surface area contributed by atoms with Crippen molar-refractivity contribution in [3.05, 3.63) is 154 Å². The molecular weight excluding hydrogens is 599 g/mol. The van der Waals surface area contributed by atoms with Crippen molar-refractivity contribution in [1.82, 2.24) is 0 Å². The largest absolute Gasteiger partial charge is 0.322 e. The van der Waals surface area contributed by atoms with E-state index in [0.717, 1.165) is 0 Å². The number of hydrogen-bond donors (Lipinski definition) is 4. The molecule has 0 bridgehead atoms. The van der Waals surface area contributed by atoms with Gasteiger partial charge < -0.3 is 21.3 Å². The smallest absolute Gasteiger partial charge is 0.255 e. The molecule has 0 saturated heterocycles. The lowest BCUT2D eigenvalue weighted by Gasteiger charge is -2.12.